The first-order chi connectivity index (χ1) is 5.02. The smallest absolute Gasteiger partial charge is 0.267 e. The Morgan fingerprint density at radius 3 is 2.36 bits per heavy atom. The molecule has 5 heteroatoms. The minimum Gasteiger partial charge on any atom is -0.285 e. The molecule has 1 unspecified atom stereocenters. The summed E-state index contributed by atoms with van der Waals surface area (Å²) in [5.74, 6) is 0. The van der Waals surface area contributed by atoms with Crippen molar-refractivity contribution in [3.63, 3.8) is 0 Å². The summed E-state index contributed by atoms with van der Waals surface area (Å²) >= 11 is 0. The third-order valence-electron chi connectivity index (χ3n) is 1.59. The molecule has 3 nitrogen and oxygen atoms in total. The van der Waals surface area contributed by atoms with E-state index in [1.807, 2.05) is 6.55 Å². The fourth-order valence-electron chi connectivity index (χ4n) is 0.869. The van der Waals surface area contributed by atoms with E-state index in [-0.39, 0.29) is 0 Å². The lowest BCUT2D eigenvalue weighted by Crippen LogP contribution is -2.19. The van der Waals surface area contributed by atoms with Crippen molar-refractivity contribution in [3.8, 4) is 0 Å². The monoisotopic (exact) mass is 194 g/mol. The molecule has 0 aliphatic carbocycles. The molecular weight excluding hydrogens is 180 g/mol. The molecule has 11 heavy (non-hydrogen) atoms. The van der Waals surface area contributed by atoms with E-state index >= 15 is 0 Å². The molecule has 0 aliphatic heterocycles. The molecule has 2 radical (unpaired) electrons. The van der Waals surface area contributed by atoms with Crippen molar-refractivity contribution in [2.24, 2.45) is 0 Å². The number of rotatable bonds is 5. The molecule has 0 rings (SSSR count). The van der Waals surface area contributed by atoms with Crippen molar-refractivity contribution in [1.29, 1.82) is 0 Å². The lowest BCUT2D eigenvalue weighted by atomic mass is 10.3. The Morgan fingerprint density at radius 2 is 2.09 bits per heavy atom. The Hall–Kier alpha value is 0.127. The first-order valence-corrected chi connectivity index (χ1v) is 6.84. The van der Waals surface area contributed by atoms with Gasteiger partial charge in [0.2, 0.25) is 0 Å². The zero-order chi connectivity index (χ0) is 8.91. The van der Waals surface area contributed by atoms with Crippen LogP contribution in [-0.2, 0) is 10.1 Å². The van der Waals surface area contributed by atoms with E-state index in [1.165, 1.54) is 0 Å². The number of hydrogen-bond donors (Lipinski definition) is 1. The van der Waals surface area contributed by atoms with Crippen LogP contribution in [0.3, 0.4) is 0 Å². The first-order valence-electron chi connectivity index (χ1n) is 3.63. The van der Waals surface area contributed by atoms with Crippen LogP contribution in [0.1, 0.15) is 19.8 Å². The molecular formula is C6H14O3SSi. The summed E-state index contributed by atoms with van der Waals surface area (Å²) in [7, 11) is -3.03. The molecule has 1 N–H and O–H groups in total. The highest BCUT2D eigenvalue weighted by Gasteiger charge is 2.19. The van der Waals surface area contributed by atoms with Gasteiger partial charge in [0.1, 0.15) is 0 Å². The second-order valence-corrected chi connectivity index (χ2v) is 5.34. The van der Waals surface area contributed by atoms with Gasteiger partial charge in [0.15, 0.2) is 0 Å². The molecule has 1 atom stereocenters. The lowest BCUT2D eigenvalue weighted by Gasteiger charge is -2.09. The molecule has 0 saturated carbocycles. The molecule has 0 heterocycles. The molecule has 0 aliphatic rings. The standard InChI is InChI=1S/C6H14O3SSi/c1-3-6(4-5-11-2)10(7,8)9/h6H,3-5H2,1-2H3,(H,7,8,9). The van der Waals surface area contributed by atoms with E-state index in [2.05, 4.69) is 0 Å². The average Bonchev–Trinajstić information content (AvgIpc) is 1.87. The summed E-state index contributed by atoms with van der Waals surface area (Å²) in [5, 5.41) is -0.546. The Morgan fingerprint density at radius 1 is 1.55 bits per heavy atom. The quantitative estimate of drug-likeness (QED) is 0.529. The average molecular weight is 194 g/mol. The van der Waals surface area contributed by atoms with Crippen LogP contribution in [0.2, 0.25) is 12.6 Å². The van der Waals surface area contributed by atoms with Crippen LogP contribution < -0.4 is 0 Å². The van der Waals surface area contributed by atoms with Crippen LogP contribution in [0.4, 0.5) is 0 Å². The van der Waals surface area contributed by atoms with E-state index in [0.717, 1.165) is 15.6 Å². The highest BCUT2D eigenvalue weighted by Crippen LogP contribution is 2.10. The van der Waals surface area contributed by atoms with Gasteiger partial charge in [-0.25, -0.2) is 0 Å². The molecule has 0 fully saturated rings. The normalized spacial score (nSPS) is 14.8. The van der Waals surface area contributed by atoms with Gasteiger partial charge in [-0.2, -0.15) is 8.42 Å². The van der Waals surface area contributed by atoms with Crippen LogP contribution in [0.25, 0.3) is 0 Å². The maximum absolute atomic E-state index is 10.6. The Kier molecular flexibility index (Phi) is 4.95. The Bertz CT molecular complexity index is 188. The predicted octanol–water partition coefficient (Wildman–Crippen LogP) is 1.21. The minimum atomic E-state index is -3.78. The van der Waals surface area contributed by atoms with Gasteiger partial charge >= 0.3 is 0 Å². The van der Waals surface area contributed by atoms with E-state index in [0.29, 0.717) is 12.8 Å². The van der Waals surface area contributed by atoms with E-state index < -0.39 is 15.4 Å². The van der Waals surface area contributed by atoms with Crippen LogP contribution >= 0.6 is 0 Å². The SMILES string of the molecule is CCC(CC[Si]C)S(=O)(=O)O. The zero-order valence-corrected chi connectivity index (χ0v) is 8.69. The van der Waals surface area contributed by atoms with E-state index in [9.17, 15) is 8.42 Å². The third-order valence-corrected chi connectivity index (χ3v) is 3.79. The van der Waals surface area contributed by atoms with Crippen molar-refractivity contribution in [3.05, 3.63) is 0 Å². The highest BCUT2D eigenvalue weighted by atomic mass is 32.2. The van der Waals surface area contributed by atoms with Crippen molar-refractivity contribution in [1.82, 2.24) is 0 Å². The topological polar surface area (TPSA) is 54.4 Å². The van der Waals surface area contributed by atoms with Crippen molar-refractivity contribution < 1.29 is 13.0 Å². The van der Waals surface area contributed by atoms with Crippen LogP contribution in [0.5, 0.6) is 0 Å². The van der Waals surface area contributed by atoms with Gasteiger partial charge in [-0.15, -0.1) is 0 Å². The second-order valence-electron chi connectivity index (χ2n) is 2.44. The highest BCUT2D eigenvalue weighted by molar-refractivity contribution is 7.86. The fourth-order valence-corrected chi connectivity index (χ4v) is 2.55. The number of hydrogen-bond acceptors (Lipinski definition) is 2. The fraction of sp³-hybridized carbons (Fsp3) is 1.00. The molecule has 66 valence electrons. The van der Waals surface area contributed by atoms with Crippen molar-refractivity contribution in [2.75, 3.05) is 0 Å². The Labute approximate surface area is 70.8 Å². The minimum absolute atomic E-state index is 0.503. The van der Waals surface area contributed by atoms with Crippen molar-refractivity contribution in [2.45, 2.75) is 37.6 Å². The van der Waals surface area contributed by atoms with Gasteiger partial charge in [-0.05, 0) is 12.8 Å². The van der Waals surface area contributed by atoms with Gasteiger partial charge in [0, 0.05) is 9.52 Å². The van der Waals surface area contributed by atoms with E-state index in [1.54, 1.807) is 6.92 Å². The molecule has 0 amide bonds. The summed E-state index contributed by atoms with van der Waals surface area (Å²) in [4.78, 5) is 0. The zero-order valence-electron chi connectivity index (χ0n) is 6.87. The lowest BCUT2D eigenvalue weighted by molar-refractivity contribution is 0.461. The van der Waals surface area contributed by atoms with Crippen LogP contribution in [0, 0.1) is 0 Å². The van der Waals surface area contributed by atoms with Gasteiger partial charge in [0.25, 0.3) is 10.1 Å². The van der Waals surface area contributed by atoms with E-state index in [4.69, 9.17) is 4.55 Å². The summed E-state index contributed by atoms with van der Waals surface area (Å²) in [6.07, 6.45) is 1.09. The summed E-state index contributed by atoms with van der Waals surface area (Å²) in [5.41, 5.74) is 0. The molecule has 0 aromatic heterocycles. The van der Waals surface area contributed by atoms with Gasteiger partial charge in [-0.3, -0.25) is 4.55 Å². The molecule has 0 aromatic carbocycles. The molecule has 0 spiro atoms. The molecule has 0 bridgehead atoms. The van der Waals surface area contributed by atoms with Gasteiger partial charge in [0.05, 0.1) is 5.25 Å². The third kappa shape index (κ3) is 4.55. The van der Waals surface area contributed by atoms with Gasteiger partial charge < -0.3 is 0 Å². The maximum Gasteiger partial charge on any atom is 0.267 e. The second kappa shape index (κ2) is 4.90. The molecule has 0 aromatic rings. The summed E-state index contributed by atoms with van der Waals surface area (Å²) in [6.45, 7) is 3.80. The summed E-state index contributed by atoms with van der Waals surface area (Å²) < 4.78 is 29.9. The summed E-state index contributed by atoms with van der Waals surface area (Å²) in [6, 6.07) is 0.887. The predicted molar refractivity (Wildman–Crippen MR) is 46.7 cm³/mol. The Balaban J connectivity index is 3.97. The van der Waals surface area contributed by atoms with Crippen LogP contribution in [-0.4, -0.2) is 27.7 Å². The van der Waals surface area contributed by atoms with Crippen molar-refractivity contribution >= 4 is 19.6 Å². The van der Waals surface area contributed by atoms with Gasteiger partial charge in [-0.1, -0.05) is 19.5 Å². The maximum atomic E-state index is 10.6. The largest absolute Gasteiger partial charge is 0.285 e. The first kappa shape index (κ1) is 11.1. The molecule has 0 saturated heterocycles. The van der Waals surface area contributed by atoms with Crippen LogP contribution in [0.15, 0.2) is 0 Å².